The SMILES string of the molecule is N=C(c1ccccc1)N1CCCC(C(F)(F)F)C1. The van der Waals surface area contributed by atoms with Crippen LogP contribution in [0.15, 0.2) is 30.3 Å². The number of halogens is 3. The van der Waals surface area contributed by atoms with E-state index in [1.165, 1.54) is 4.90 Å². The number of rotatable bonds is 1. The largest absolute Gasteiger partial charge is 0.393 e. The van der Waals surface area contributed by atoms with E-state index in [-0.39, 0.29) is 18.8 Å². The lowest BCUT2D eigenvalue weighted by Gasteiger charge is -2.35. The molecule has 1 aliphatic heterocycles. The number of hydrogen-bond acceptors (Lipinski definition) is 1. The third-order valence-corrected chi connectivity index (χ3v) is 3.25. The van der Waals surface area contributed by atoms with Crippen LogP contribution in [0, 0.1) is 11.3 Å². The van der Waals surface area contributed by atoms with E-state index in [2.05, 4.69) is 0 Å². The number of alkyl halides is 3. The van der Waals surface area contributed by atoms with Gasteiger partial charge in [0.25, 0.3) is 0 Å². The number of benzene rings is 1. The molecule has 1 aromatic carbocycles. The first kappa shape index (κ1) is 12.9. The number of hydrogen-bond donors (Lipinski definition) is 1. The van der Waals surface area contributed by atoms with Crippen molar-refractivity contribution in [2.24, 2.45) is 5.92 Å². The Labute approximate surface area is 104 Å². The molecule has 1 N–H and O–H groups in total. The number of piperidine rings is 1. The van der Waals surface area contributed by atoms with Gasteiger partial charge in [0.2, 0.25) is 0 Å². The predicted octanol–water partition coefficient (Wildman–Crippen LogP) is 3.29. The molecule has 0 saturated carbocycles. The van der Waals surface area contributed by atoms with Crippen molar-refractivity contribution < 1.29 is 13.2 Å². The predicted molar refractivity (Wildman–Crippen MR) is 63.6 cm³/mol. The van der Waals surface area contributed by atoms with Gasteiger partial charge in [-0.15, -0.1) is 0 Å². The molecule has 0 amide bonds. The minimum Gasteiger partial charge on any atom is -0.356 e. The number of nitrogens with one attached hydrogen (secondary N) is 1. The molecule has 0 aromatic heterocycles. The van der Waals surface area contributed by atoms with Gasteiger partial charge in [-0.1, -0.05) is 30.3 Å². The minimum absolute atomic E-state index is 0.1000. The molecule has 0 spiro atoms. The van der Waals surface area contributed by atoms with Crippen LogP contribution in [0.25, 0.3) is 0 Å². The summed E-state index contributed by atoms with van der Waals surface area (Å²) in [5.41, 5.74) is 0.667. The van der Waals surface area contributed by atoms with Crippen LogP contribution in [0.4, 0.5) is 13.2 Å². The van der Waals surface area contributed by atoms with Crippen molar-refractivity contribution in [1.82, 2.24) is 4.90 Å². The molecule has 18 heavy (non-hydrogen) atoms. The molecule has 0 bridgehead atoms. The highest BCUT2D eigenvalue weighted by atomic mass is 19.4. The van der Waals surface area contributed by atoms with Crippen LogP contribution < -0.4 is 0 Å². The zero-order valence-corrected chi connectivity index (χ0v) is 9.87. The fourth-order valence-electron chi connectivity index (χ4n) is 2.23. The maximum Gasteiger partial charge on any atom is 0.393 e. The molecule has 1 heterocycles. The van der Waals surface area contributed by atoms with E-state index in [9.17, 15) is 13.2 Å². The van der Waals surface area contributed by atoms with Crippen molar-refractivity contribution in [3.8, 4) is 0 Å². The summed E-state index contributed by atoms with van der Waals surface area (Å²) in [7, 11) is 0. The Kier molecular flexibility index (Phi) is 3.59. The van der Waals surface area contributed by atoms with Crippen LogP contribution in [-0.2, 0) is 0 Å². The van der Waals surface area contributed by atoms with E-state index in [0.29, 0.717) is 18.5 Å². The van der Waals surface area contributed by atoms with Crippen molar-refractivity contribution >= 4 is 5.84 Å². The topological polar surface area (TPSA) is 27.1 Å². The lowest BCUT2D eigenvalue weighted by molar-refractivity contribution is -0.183. The summed E-state index contributed by atoms with van der Waals surface area (Å²) in [6, 6.07) is 8.90. The smallest absolute Gasteiger partial charge is 0.356 e. The lowest BCUT2D eigenvalue weighted by atomic mass is 9.97. The van der Waals surface area contributed by atoms with E-state index in [1.807, 2.05) is 6.07 Å². The molecule has 1 saturated heterocycles. The molecule has 1 aromatic rings. The van der Waals surface area contributed by atoms with Crippen LogP contribution in [0.1, 0.15) is 18.4 Å². The Morgan fingerprint density at radius 2 is 1.89 bits per heavy atom. The molecular weight excluding hydrogens is 241 g/mol. The average Bonchev–Trinajstić information content (AvgIpc) is 2.38. The maximum atomic E-state index is 12.7. The Morgan fingerprint density at radius 3 is 2.50 bits per heavy atom. The Bertz CT molecular complexity index is 414. The van der Waals surface area contributed by atoms with Gasteiger partial charge in [0.15, 0.2) is 0 Å². The summed E-state index contributed by atoms with van der Waals surface area (Å²) in [5, 5.41) is 7.98. The fourth-order valence-corrected chi connectivity index (χ4v) is 2.23. The number of amidine groups is 1. The summed E-state index contributed by atoms with van der Waals surface area (Å²) >= 11 is 0. The average molecular weight is 256 g/mol. The fraction of sp³-hybridized carbons (Fsp3) is 0.462. The van der Waals surface area contributed by atoms with E-state index in [4.69, 9.17) is 5.41 Å². The summed E-state index contributed by atoms with van der Waals surface area (Å²) in [6.45, 7) is 0.428. The Hall–Kier alpha value is -1.52. The van der Waals surface area contributed by atoms with E-state index >= 15 is 0 Å². The van der Waals surface area contributed by atoms with Gasteiger partial charge in [0.1, 0.15) is 5.84 Å². The minimum atomic E-state index is -4.16. The van der Waals surface area contributed by atoms with Gasteiger partial charge in [-0.25, -0.2) is 0 Å². The summed E-state index contributed by atoms with van der Waals surface area (Å²) < 4.78 is 38.1. The third-order valence-electron chi connectivity index (χ3n) is 3.25. The van der Waals surface area contributed by atoms with Crippen LogP contribution in [-0.4, -0.2) is 30.0 Å². The summed E-state index contributed by atoms with van der Waals surface area (Å²) in [4.78, 5) is 1.52. The molecule has 1 aliphatic rings. The molecule has 2 rings (SSSR count). The van der Waals surface area contributed by atoms with Gasteiger partial charge < -0.3 is 4.90 Å². The van der Waals surface area contributed by atoms with Crippen molar-refractivity contribution in [3.05, 3.63) is 35.9 Å². The highest BCUT2D eigenvalue weighted by Gasteiger charge is 2.42. The highest BCUT2D eigenvalue weighted by molar-refractivity contribution is 5.96. The van der Waals surface area contributed by atoms with Crippen molar-refractivity contribution in [3.63, 3.8) is 0 Å². The zero-order valence-electron chi connectivity index (χ0n) is 9.87. The van der Waals surface area contributed by atoms with Crippen molar-refractivity contribution in [1.29, 1.82) is 5.41 Å². The third kappa shape index (κ3) is 2.83. The van der Waals surface area contributed by atoms with E-state index in [0.717, 1.165) is 0 Å². The highest BCUT2D eigenvalue weighted by Crippen LogP contribution is 2.33. The van der Waals surface area contributed by atoms with Crippen LogP contribution >= 0.6 is 0 Å². The van der Waals surface area contributed by atoms with Gasteiger partial charge in [0.05, 0.1) is 5.92 Å². The number of likely N-dealkylation sites (tertiary alicyclic amines) is 1. The zero-order chi connectivity index (χ0) is 13.2. The van der Waals surface area contributed by atoms with Crippen LogP contribution in [0.2, 0.25) is 0 Å². The monoisotopic (exact) mass is 256 g/mol. The van der Waals surface area contributed by atoms with Gasteiger partial charge >= 0.3 is 6.18 Å². The first-order valence-electron chi connectivity index (χ1n) is 5.94. The van der Waals surface area contributed by atoms with Gasteiger partial charge in [-0.3, -0.25) is 5.41 Å². The normalized spacial score (nSPS) is 20.8. The molecule has 0 aliphatic carbocycles. The quantitative estimate of drug-likeness (QED) is 0.606. The molecule has 5 heteroatoms. The summed E-state index contributed by atoms with van der Waals surface area (Å²) in [5.74, 6) is -1.13. The number of nitrogens with zero attached hydrogens (tertiary/aromatic N) is 1. The van der Waals surface area contributed by atoms with Crippen molar-refractivity contribution in [2.45, 2.75) is 19.0 Å². The van der Waals surface area contributed by atoms with Gasteiger partial charge in [0, 0.05) is 18.7 Å². The molecule has 1 unspecified atom stereocenters. The van der Waals surface area contributed by atoms with Crippen LogP contribution in [0.5, 0.6) is 0 Å². The maximum absolute atomic E-state index is 12.7. The molecule has 2 nitrogen and oxygen atoms in total. The van der Waals surface area contributed by atoms with E-state index < -0.39 is 12.1 Å². The Morgan fingerprint density at radius 1 is 1.22 bits per heavy atom. The summed E-state index contributed by atoms with van der Waals surface area (Å²) in [6.07, 6.45) is -3.50. The van der Waals surface area contributed by atoms with Crippen molar-refractivity contribution in [2.75, 3.05) is 13.1 Å². The standard InChI is InChI=1S/C13H15F3N2/c14-13(15,16)11-7-4-8-18(9-11)12(17)10-5-2-1-3-6-10/h1-3,5-6,11,17H,4,7-9H2. The van der Waals surface area contributed by atoms with Crippen LogP contribution in [0.3, 0.4) is 0 Å². The van der Waals surface area contributed by atoms with E-state index in [1.54, 1.807) is 24.3 Å². The first-order valence-corrected chi connectivity index (χ1v) is 5.94. The molecule has 1 atom stereocenters. The molecular formula is C13H15F3N2. The second-order valence-corrected chi connectivity index (χ2v) is 4.54. The molecule has 98 valence electrons. The van der Waals surface area contributed by atoms with Gasteiger partial charge in [-0.05, 0) is 12.8 Å². The molecule has 0 radical (unpaired) electrons. The first-order chi connectivity index (χ1) is 8.48. The van der Waals surface area contributed by atoms with Gasteiger partial charge in [-0.2, -0.15) is 13.2 Å². The second kappa shape index (κ2) is 5.00. The molecule has 1 fully saturated rings. The second-order valence-electron chi connectivity index (χ2n) is 4.54. The lowest BCUT2D eigenvalue weighted by Crippen LogP contribution is -2.44. The Balaban J connectivity index is 2.08.